The number of rotatable bonds is 4. The van der Waals surface area contributed by atoms with Gasteiger partial charge in [-0.25, -0.2) is 0 Å². The molecule has 0 radical (unpaired) electrons. The van der Waals surface area contributed by atoms with Crippen molar-refractivity contribution in [2.24, 2.45) is 0 Å². The van der Waals surface area contributed by atoms with Gasteiger partial charge in [0.1, 0.15) is 0 Å². The Hall–Kier alpha value is -1.36. The number of ether oxygens (including phenoxy) is 1. The van der Waals surface area contributed by atoms with Gasteiger partial charge in [-0.15, -0.1) is 0 Å². The number of hydrogen-bond acceptors (Lipinski definition) is 3. The second-order valence-corrected chi connectivity index (χ2v) is 7.48. The minimum atomic E-state index is 0.141. The fourth-order valence-corrected chi connectivity index (χ4v) is 4.39. The SMILES string of the molecule is CN(CCn1ccc2ccccc21)C1CCOC2(CCNCC2)C1. The zero-order chi connectivity index (χ0) is 16.4. The first-order valence-corrected chi connectivity index (χ1v) is 9.35. The average molecular weight is 327 g/mol. The summed E-state index contributed by atoms with van der Waals surface area (Å²) in [6.07, 6.45) is 6.91. The second-order valence-electron chi connectivity index (χ2n) is 7.48. The van der Waals surface area contributed by atoms with Crippen molar-refractivity contribution >= 4 is 10.9 Å². The average Bonchev–Trinajstić information content (AvgIpc) is 3.03. The first-order chi connectivity index (χ1) is 11.8. The van der Waals surface area contributed by atoms with E-state index in [2.05, 4.69) is 58.4 Å². The van der Waals surface area contributed by atoms with Gasteiger partial charge in [-0.3, -0.25) is 0 Å². The summed E-state index contributed by atoms with van der Waals surface area (Å²) in [6, 6.07) is 11.5. The third kappa shape index (κ3) is 3.23. The molecule has 0 bridgehead atoms. The molecule has 2 fully saturated rings. The molecule has 1 aromatic heterocycles. The van der Waals surface area contributed by atoms with Crippen LogP contribution >= 0.6 is 0 Å². The van der Waals surface area contributed by atoms with Gasteiger partial charge in [0.15, 0.2) is 0 Å². The summed E-state index contributed by atoms with van der Waals surface area (Å²) in [5.41, 5.74) is 1.48. The van der Waals surface area contributed by atoms with Gasteiger partial charge < -0.3 is 19.5 Å². The number of para-hydroxylation sites is 1. The number of hydrogen-bond donors (Lipinski definition) is 1. The predicted molar refractivity (Wildman–Crippen MR) is 98.4 cm³/mol. The second kappa shape index (κ2) is 6.87. The molecule has 3 heterocycles. The smallest absolute Gasteiger partial charge is 0.0721 e. The Kier molecular flexibility index (Phi) is 4.61. The van der Waals surface area contributed by atoms with E-state index in [1.54, 1.807) is 0 Å². The summed E-state index contributed by atoms with van der Waals surface area (Å²) in [5, 5.41) is 4.80. The van der Waals surface area contributed by atoms with Gasteiger partial charge in [0.05, 0.1) is 5.60 Å². The van der Waals surface area contributed by atoms with Crippen molar-refractivity contribution in [3.05, 3.63) is 36.5 Å². The summed E-state index contributed by atoms with van der Waals surface area (Å²) in [4.78, 5) is 2.56. The molecule has 0 amide bonds. The molecule has 2 aliphatic rings. The Bertz CT molecular complexity index is 669. The quantitative estimate of drug-likeness (QED) is 0.936. The topological polar surface area (TPSA) is 29.4 Å². The number of fused-ring (bicyclic) bond motifs is 1. The maximum atomic E-state index is 6.22. The summed E-state index contributed by atoms with van der Waals surface area (Å²) in [5.74, 6) is 0. The van der Waals surface area contributed by atoms with Gasteiger partial charge in [-0.1, -0.05) is 18.2 Å². The molecule has 2 aliphatic heterocycles. The van der Waals surface area contributed by atoms with Crippen LogP contribution in [-0.2, 0) is 11.3 Å². The Morgan fingerprint density at radius 3 is 2.96 bits per heavy atom. The number of nitrogens with zero attached hydrogens (tertiary/aromatic N) is 2. The maximum Gasteiger partial charge on any atom is 0.0721 e. The maximum absolute atomic E-state index is 6.22. The zero-order valence-corrected chi connectivity index (χ0v) is 14.7. The lowest BCUT2D eigenvalue weighted by atomic mass is 9.82. The van der Waals surface area contributed by atoms with Crippen LogP contribution in [0.5, 0.6) is 0 Å². The molecule has 1 atom stereocenters. The number of benzene rings is 1. The molecule has 130 valence electrons. The van der Waals surface area contributed by atoms with Gasteiger partial charge in [-0.05, 0) is 63.3 Å². The number of likely N-dealkylation sites (N-methyl/N-ethyl adjacent to an activating group) is 1. The van der Waals surface area contributed by atoms with Crippen LogP contribution in [-0.4, -0.2) is 54.4 Å². The molecule has 1 aromatic carbocycles. The van der Waals surface area contributed by atoms with E-state index in [0.29, 0.717) is 6.04 Å². The van der Waals surface area contributed by atoms with Crippen molar-refractivity contribution in [3.8, 4) is 0 Å². The Balaban J connectivity index is 1.38. The number of piperidine rings is 1. The molecular weight excluding hydrogens is 298 g/mol. The molecule has 1 N–H and O–H groups in total. The van der Waals surface area contributed by atoms with E-state index in [9.17, 15) is 0 Å². The third-order valence-corrected chi connectivity index (χ3v) is 5.98. The summed E-state index contributed by atoms with van der Waals surface area (Å²) in [6.45, 7) is 5.27. The van der Waals surface area contributed by atoms with E-state index in [4.69, 9.17) is 4.74 Å². The molecule has 1 unspecified atom stereocenters. The van der Waals surface area contributed by atoms with Gasteiger partial charge >= 0.3 is 0 Å². The molecular formula is C20H29N3O. The van der Waals surface area contributed by atoms with Crippen molar-refractivity contribution in [3.63, 3.8) is 0 Å². The molecule has 2 saturated heterocycles. The predicted octanol–water partition coefficient (Wildman–Crippen LogP) is 2.87. The lowest BCUT2D eigenvalue weighted by Gasteiger charge is -2.46. The normalized spacial score (nSPS) is 24.0. The third-order valence-electron chi connectivity index (χ3n) is 5.98. The molecule has 0 aliphatic carbocycles. The Morgan fingerprint density at radius 1 is 1.25 bits per heavy atom. The number of aromatic nitrogens is 1. The minimum absolute atomic E-state index is 0.141. The van der Waals surface area contributed by atoms with Gasteiger partial charge in [0, 0.05) is 37.5 Å². The monoisotopic (exact) mass is 327 g/mol. The van der Waals surface area contributed by atoms with Crippen LogP contribution in [0.1, 0.15) is 25.7 Å². The minimum Gasteiger partial charge on any atom is -0.375 e. The Labute approximate surface area is 144 Å². The van der Waals surface area contributed by atoms with Crippen LogP contribution in [0.25, 0.3) is 10.9 Å². The summed E-state index contributed by atoms with van der Waals surface area (Å²) < 4.78 is 8.60. The van der Waals surface area contributed by atoms with Crippen molar-refractivity contribution in [1.82, 2.24) is 14.8 Å². The first-order valence-electron chi connectivity index (χ1n) is 9.35. The van der Waals surface area contributed by atoms with Crippen molar-refractivity contribution < 1.29 is 4.74 Å². The van der Waals surface area contributed by atoms with Crippen LogP contribution in [0.3, 0.4) is 0 Å². The number of nitrogens with one attached hydrogen (secondary N) is 1. The van der Waals surface area contributed by atoms with Crippen molar-refractivity contribution in [2.75, 3.05) is 33.3 Å². The van der Waals surface area contributed by atoms with Gasteiger partial charge in [0.25, 0.3) is 0 Å². The van der Waals surface area contributed by atoms with Gasteiger partial charge in [-0.2, -0.15) is 0 Å². The van der Waals surface area contributed by atoms with Crippen LogP contribution in [0, 0.1) is 0 Å². The summed E-state index contributed by atoms with van der Waals surface area (Å²) >= 11 is 0. The largest absolute Gasteiger partial charge is 0.375 e. The lowest BCUT2D eigenvalue weighted by Crippen LogP contribution is -2.52. The summed E-state index contributed by atoms with van der Waals surface area (Å²) in [7, 11) is 2.29. The first kappa shape index (κ1) is 16.1. The fraction of sp³-hybridized carbons (Fsp3) is 0.600. The molecule has 4 heteroatoms. The molecule has 1 spiro atoms. The van der Waals surface area contributed by atoms with Crippen LogP contribution in [0.4, 0.5) is 0 Å². The fourth-order valence-electron chi connectivity index (χ4n) is 4.39. The molecule has 2 aromatic rings. The van der Waals surface area contributed by atoms with E-state index in [1.807, 2.05) is 0 Å². The molecule has 24 heavy (non-hydrogen) atoms. The van der Waals surface area contributed by atoms with Crippen LogP contribution < -0.4 is 5.32 Å². The van der Waals surface area contributed by atoms with Gasteiger partial charge in [0.2, 0.25) is 0 Å². The highest BCUT2D eigenvalue weighted by molar-refractivity contribution is 5.79. The standard InChI is InChI=1S/C20H29N3O/c1-22(13-14-23-12-6-17-4-2-3-5-19(17)23)18-7-15-24-20(16-18)8-10-21-11-9-20/h2-6,12,18,21H,7-11,13-16H2,1H3. The van der Waals surface area contributed by atoms with E-state index < -0.39 is 0 Å². The van der Waals surface area contributed by atoms with E-state index in [1.165, 1.54) is 30.2 Å². The highest BCUT2D eigenvalue weighted by Gasteiger charge is 2.39. The zero-order valence-electron chi connectivity index (χ0n) is 14.7. The lowest BCUT2D eigenvalue weighted by molar-refractivity contribution is -0.118. The highest BCUT2D eigenvalue weighted by Crippen LogP contribution is 2.34. The van der Waals surface area contributed by atoms with E-state index >= 15 is 0 Å². The van der Waals surface area contributed by atoms with Crippen molar-refractivity contribution in [2.45, 2.75) is 43.9 Å². The van der Waals surface area contributed by atoms with E-state index in [-0.39, 0.29) is 5.60 Å². The molecule has 0 saturated carbocycles. The Morgan fingerprint density at radius 2 is 2.08 bits per heavy atom. The van der Waals surface area contributed by atoms with Crippen molar-refractivity contribution in [1.29, 1.82) is 0 Å². The van der Waals surface area contributed by atoms with E-state index in [0.717, 1.165) is 39.2 Å². The van der Waals surface area contributed by atoms with Crippen LogP contribution in [0.15, 0.2) is 36.5 Å². The highest BCUT2D eigenvalue weighted by atomic mass is 16.5. The van der Waals surface area contributed by atoms with Crippen LogP contribution in [0.2, 0.25) is 0 Å². The molecule has 4 nitrogen and oxygen atoms in total. The molecule has 4 rings (SSSR count).